The number of nitrogens with zero attached hydrogens (tertiary/aromatic N) is 2. The van der Waals surface area contributed by atoms with Crippen molar-refractivity contribution in [1.29, 1.82) is 0 Å². The predicted molar refractivity (Wildman–Crippen MR) is 81.1 cm³/mol. The lowest BCUT2D eigenvalue weighted by Gasteiger charge is -2.06. The smallest absolute Gasteiger partial charge is 0.251 e. The first-order chi connectivity index (χ1) is 10.3. The van der Waals surface area contributed by atoms with Crippen molar-refractivity contribution < 1.29 is 9.15 Å². The fourth-order valence-corrected chi connectivity index (χ4v) is 2.18. The van der Waals surface area contributed by atoms with Crippen LogP contribution in [0.1, 0.15) is 12.5 Å². The summed E-state index contributed by atoms with van der Waals surface area (Å²) in [6, 6.07) is 15.6. The molecule has 3 aromatic rings. The monoisotopic (exact) mass is 280 g/mol. The summed E-state index contributed by atoms with van der Waals surface area (Å²) in [6.45, 7) is 4.56. The van der Waals surface area contributed by atoms with Crippen molar-refractivity contribution in [2.75, 3.05) is 6.61 Å². The van der Waals surface area contributed by atoms with E-state index in [0.29, 0.717) is 18.4 Å². The molecule has 21 heavy (non-hydrogen) atoms. The van der Waals surface area contributed by atoms with Crippen LogP contribution in [0.4, 0.5) is 0 Å². The van der Waals surface area contributed by atoms with Gasteiger partial charge in [0.25, 0.3) is 5.89 Å². The van der Waals surface area contributed by atoms with Crippen LogP contribution in [0.5, 0.6) is 5.75 Å². The fourth-order valence-electron chi connectivity index (χ4n) is 2.18. The number of hydrogen-bond donors (Lipinski definition) is 0. The molecular weight excluding hydrogens is 264 g/mol. The van der Waals surface area contributed by atoms with Gasteiger partial charge in [-0.2, -0.15) is 0 Å². The van der Waals surface area contributed by atoms with Gasteiger partial charge >= 0.3 is 0 Å². The summed E-state index contributed by atoms with van der Waals surface area (Å²) in [5.41, 5.74) is 2.86. The van der Waals surface area contributed by atoms with E-state index in [0.717, 1.165) is 22.4 Å². The Morgan fingerprint density at radius 3 is 2.24 bits per heavy atom. The fraction of sp³-hybridized carbons (Fsp3) is 0.176. The Labute approximate surface area is 123 Å². The van der Waals surface area contributed by atoms with E-state index >= 15 is 0 Å². The third-order valence-electron chi connectivity index (χ3n) is 3.22. The topological polar surface area (TPSA) is 48.2 Å². The van der Waals surface area contributed by atoms with Crippen LogP contribution in [0.2, 0.25) is 0 Å². The highest BCUT2D eigenvalue weighted by atomic mass is 16.5. The Morgan fingerprint density at radius 2 is 1.52 bits per heavy atom. The minimum atomic E-state index is 0.470. The Bertz CT molecular complexity index is 750. The average Bonchev–Trinajstić information content (AvgIpc) is 2.98. The average molecular weight is 280 g/mol. The lowest BCUT2D eigenvalue weighted by molar-refractivity contribution is 0.340. The molecule has 0 radical (unpaired) electrons. The number of rotatable bonds is 4. The molecule has 106 valence electrons. The van der Waals surface area contributed by atoms with Crippen LogP contribution in [-0.2, 0) is 0 Å². The highest BCUT2D eigenvalue weighted by molar-refractivity contribution is 5.65. The van der Waals surface area contributed by atoms with Gasteiger partial charge in [0.2, 0.25) is 5.89 Å². The third-order valence-corrected chi connectivity index (χ3v) is 3.22. The maximum Gasteiger partial charge on any atom is 0.251 e. The lowest BCUT2D eigenvalue weighted by atomic mass is 10.1. The summed E-state index contributed by atoms with van der Waals surface area (Å²) < 4.78 is 11.4. The Balaban J connectivity index is 2.01. The molecule has 1 aromatic heterocycles. The first-order valence-electron chi connectivity index (χ1n) is 6.91. The molecule has 0 aliphatic carbocycles. The van der Waals surface area contributed by atoms with Gasteiger partial charge in [-0.05, 0) is 37.6 Å². The van der Waals surface area contributed by atoms with Gasteiger partial charge < -0.3 is 9.15 Å². The number of aromatic nitrogens is 2. The molecule has 0 spiro atoms. The summed E-state index contributed by atoms with van der Waals surface area (Å²) in [4.78, 5) is 0. The summed E-state index contributed by atoms with van der Waals surface area (Å²) in [6.07, 6.45) is 0. The van der Waals surface area contributed by atoms with Crippen LogP contribution >= 0.6 is 0 Å². The van der Waals surface area contributed by atoms with Gasteiger partial charge in [-0.15, -0.1) is 10.2 Å². The molecular formula is C17H16N2O2. The second-order valence-electron chi connectivity index (χ2n) is 4.66. The van der Waals surface area contributed by atoms with E-state index in [9.17, 15) is 0 Å². The molecule has 4 heteroatoms. The molecule has 0 bridgehead atoms. The van der Waals surface area contributed by atoms with Crippen molar-refractivity contribution >= 4 is 0 Å². The number of ether oxygens (including phenoxy) is 1. The second kappa shape index (κ2) is 5.79. The molecule has 0 amide bonds. The third kappa shape index (κ3) is 2.65. The first kappa shape index (κ1) is 13.4. The molecule has 1 heterocycles. The molecule has 3 rings (SSSR count). The van der Waals surface area contributed by atoms with Crippen LogP contribution in [0.3, 0.4) is 0 Å². The zero-order chi connectivity index (χ0) is 14.7. The van der Waals surface area contributed by atoms with E-state index in [4.69, 9.17) is 9.15 Å². The van der Waals surface area contributed by atoms with Gasteiger partial charge in [0.05, 0.1) is 12.2 Å². The van der Waals surface area contributed by atoms with E-state index in [2.05, 4.69) is 10.2 Å². The SMILES string of the molecule is CCOc1ccccc1-c1nnc(-c2ccccc2C)o1. The Kier molecular flexibility index (Phi) is 3.69. The maximum atomic E-state index is 5.82. The number of hydrogen-bond acceptors (Lipinski definition) is 4. The summed E-state index contributed by atoms with van der Waals surface area (Å²) >= 11 is 0. The van der Waals surface area contributed by atoms with Crippen molar-refractivity contribution in [3.63, 3.8) is 0 Å². The molecule has 0 aliphatic rings. The highest BCUT2D eigenvalue weighted by Crippen LogP contribution is 2.31. The van der Waals surface area contributed by atoms with Crippen LogP contribution in [0.25, 0.3) is 22.9 Å². The molecule has 0 saturated heterocycles. The van der Waals surface area contributed by atoms with Gasteiger partial charge in [-0.3, -0.25) is 0 Å². The van der Waals surface area contributed by atoms with Gasteiger partial charge in [0, 0.05) is 5.56 Å². The molecule has 0 unspecified atom stereocenters. The normalized spacial score (nSPS) is 10.6. The largest absolute Gasteiger partial charge is 0.493 e. The summed E-state index contributed by atoms with van der Waals surface area (Å²) in [5, 5.41) is 8.30. The van der Waals surface area contributed by atoms with Crippen LogP contribution < -0.4 is 4.74 Å². The second-order valence-corrected chi connectivity index (χ2v) is 4.66. The minimum Gasteiger partial charge on any atom is -0.493 e. The molecule has 0 fully saturated rings. The zero-order valence-corrected chi connectivity index (χ0v) is 12.0. The van der Waals surface area contributed by atoms with Gasteiger partial charge in [-0.1, -0.05) is 30.3 Å². The summed E-state index contributed by atoms with van der Waals surface area (Å²) in [7, 11) is 0. The van der Waals surface area contributed by atoms with Gasteiger partial charge in [-0.25, -0.2) is 0 Å². The quantitative estimate of drug-likeness (QED) is 0.721. The molecule has 0 saturated carbocycles. The standard InChI is InChI=1S/C17H16N2O2/c1-3-20-15-11-7-6-10-14(15)17-19-18-16(21-17)13-9-5-4-8-12(13)2/h4-11H,3H2,1-2H3. The van der Waals surface area contributed by atoms with Crippen molar-refractivity contribution in [2.45, 2.75) is 13.8 Å². The van der Waals surface area contributed by atoms with Gasteiger partial charge in [0.1, 0.15) is 5.75 Å². The van der Waals surface area contributed by atoms with Crippen molar-refractivity contribution in [3.05, 3.63) is 54.1 Å². The van der Waals surface area contributed by atoms with Gasteiger partial charge in [0.15, 0.2) is 0 Å². The molecule has 0 N–H and O–H groups in total. The van der Waals surface area contributed by atoms with E-state index < -0.39 is 0 Å². The Morgan fingerprint density at radius 1 is 0.905 bits per heavy atom. The van der Waals surface area contributed by atoms with Crippen LogP contribution in [0.15, 0.2) is 52.9 Å². The van der Waals surface area contributed by atoms with Crippen molar-refractivity contribution in [2.24, 2.45) is 0 Å². The first-order valence-corrected chi connectivity index (χ1v) is 6.91. The van der Waals surface area contributed by atoms with E-state index in [1.165, 1.54) is 0 Å². The molecule has 2 aromatic carbocycles. The maximum absolute atomic E-state index is 5.82. The number of para-hydroxylation sites is 1. The van der Waals surface area contributed by atoms with Crippen LogP contribution in [-0.4, -0.2) is 16.8 Å². The van der Waals surface area contributed by atoms with E-state index in [1.54, 1.807) is 0 Å². The van der Waals surface area contributed by atoms with Crippen LogP contribution in [0, 0.1) is 6.92 Å². The summed E-state index contributed by atoms with van der Waals surface area (Å²) in [5.74, 6) is 1.74. The highest BCUT2D eigenvalue weighted by Gasteiger charge is 2.15. The zero-order valence-electron chi connectivity index (χ0n) is 12.0. The van der Waals surface area contributed by atoms with Crippen molar-refractivity contribution in [1.82, 2.24) is 10.2 Å². The minimum absolute atomic E-state index is 0.470. The molecule has 0 aliphatic heterocycles. The molecule has 4 nitrogen and oxygen atoms in total. The van der Waals surface area contributed by atoms with Crippen molar-refractivity contribution in [3.8, 4) is 28.7 Å². The lowest BCUT2D eigenvalue weighted by Crippen LogP contribution is -1.93. The van der Waals surface area contributed by atoms with E-state index in [1.807, 2.05) is 62.4 Å². The predicted octanol–water partition coefficient (Wildman–Crippen LogP) is 4.11. The van der Waals surface area contributed by atoms with E-state index in [-0.39, 0.29) is 0 Å². The number of benzene rings is 2. The number of aryl methyl sites for hydroxylation is 1. The molecule has 0 atom stereocenters. The Hall–Kier alpha value is -2.62.